The molecule has 2 heterocycles. The lowest BCUT2D eigenvalue weighted by Crippen LogP contribution is -2.30. The number of aliphatic hydroxyl groups is 1. The summed E-state index contributed by atoms with van der Waals surface area (Å²) in [7, 11) is 0. The number of aliphatic hydroxyl groups excluding tert-OH is 1. The minimum absolute atomic E-state index is 0.206. The number of carbonyl (C=O) groups excluding carboxylic acids is 1. The van der Waals surface area contributed by atoms with Gasteiger partial charge in [-0.05, 0) is 35.4 Å². The molecule has 1 aromatic heterocycles. The standard InChI is InChI=1S/C22H17BrN2O2/c23-17-10-6-9-16(13-17)20-19(15-7-2-1-3-8-15)21(26)22(27)25(20)14-18-11-4-5-12-24-18/h1-13,20,26H,14H2/t20-/m1/s1. The predicted octanol–water partition coefficient (Wildman–Crippen LogP) is 4.90. The number of aromatic nitrogens is 1. The van der Waals surface area contributed by atoms with E-state index < -0.39 is 0 Å². The molecular weight excluding hydrogens is 404 g/mol. The van der Waals surface area contributed by atoms with Gasteiger partial charge >= 0.3 is 0 Å². The van der Waals surface area contributed by atoms with Gasteiger partial charge in [-0.2, -0.15) is 0 Å². The first-order valence-corrected chi connectivity index (χ1v) is 9.39. The smallest absolute Gasteiger partial charge is 0.290 e. The lowest BCUT2D eigenvalue weighted by molar-refractivity contribution is -0.130. The number of hydrogen-bond acceptors (Lipinski definition) is 3. The van der Waals surface area contributed by atoms with Crippen molar-refractivity contribution in [1.29, 1.82) is 0 Å². The van der Waals surface area contributed by atoms with E-state index in [4.69, 9.17) is 0 Å². The molecule has 134 valence electrons. The van der Waals surface area contributed by atoms with Crippen molar-refractivity contribution in [2.45, 2.75) is 12.6 Å². The molecule has 27 heavy (non-hydrogen) atoms. The third-order valence-corrected chi connectivity index (χ3v) is 5.10. The molecule has 1 N–H and O–H groups in total. The topological polar surface area (TPSA) is 53.4 Å². The minimum Gasteiger partial charge on any atom is -0.503 e. The van der Waals surface area contributed by atoms with Crippen LogP contribution in [-0.2, 0) is 11.3 Å². The summed E-state index contributed by atoms with van der Waals surface area (Å²) in [6.45, 7) is 0.317. The zero-order chi connectivity index (χ0) is 18.8. The molecule has 0 radical (unpaired) electrons. The fraction of sp³-hybridized carbons (Fsp3) is 0.0909. The van der Waals surface area contributed by atoms with Crippen LogP contribution in [0.3, 0.4) is 0 Å². The van der Waals surface area contributed by atoms with Gasteiger partial charge in [0.05, 0.1) is 18.3 Å². The molecule has 1 aliphatic rings. The Labute approximate surface area is 165 Å². The number of benzene rings is 2. The Morgan fingerprint density at radius 1 is 1.00 bits per heavy atom. The highest BCUT2D eigenvalue weighted by Gasteiger charge is 2.41. The van der Waals surface area contributed by atoms with Gasteiger partial charge < -0.3 is 10.0 Å². The van der Waals surface area contributed by atoms with Gasteiger partial charge in [0.1, 0.15) is 0 Å². The van der Waals surface area contributed by atoms with Crippen LogP contribution in [-0.4, -0.2) is 20.9 Å². The van der Waals surface area contributed by atoms with Crippen LogP contribution in [0.25, 0.3) is 5.57 Å². The molecule has 0 aliphatic carbocycles. The molecule has 1 aliphatic heterocycles. The van der Waals surface area contributed by atoms with Crippen LogP contribution in [0, 0.1) is 0 Å². The Hall–Kier alpha value is -2.92. The lowest BCUT2D eigenvalue weighted by atomic mass is 9.93. The summed E-state index contributed by atoms with van der Waals surface area (Å²) >= 11 is 3.51. The van der Waals surface area contributed by atoms with Gasteiger partial charge in [0.15, 0.2) is 5.76 Å². The Morgan fingerprint density at radius 2 is 1.78 bits per heavy atom. The normalized spacial score (nSPS) is 16.9. The van der Waals surface area contributed by atoms with Crippen molar-refractivity contribution in [3.05, 3.63) is 106 Å². The predicted molar refractivity (Wildman–Crippen MR) is 108 cm³/mol. The van der Waals surface area contributed by atoms with Crippen molar-refractivity contribution in [3.63, 3.8) is 0 Å². The maximum atomic E-state index is 12.9. The van der Waals surface area contributed by atoms with Crippen LogP contribution in [0.2, 0.25) is 0 Å². The maximum Gasteiger partial charge on any atom is 0.290 e. The van der Waals surface area contributed by atoms with Gasteiger partial charge in [-0.25, -0.2) is 0 Å². The molecule has 0 saturated carbocycles. The first-order chi connectivity index (χ1) is 13.1. The number of hydrogen-bond donors (Lipinski definition) is 1. The summed E-state index contributed by atoms with van der Waals surface area (Å²) in [5, 5.41) is 10.7. The molecular formula is C22H17BrN2O2. The zero-order valence-electron chi connectivity index (χ0n) is 14.4. The molecule has 1 amide bonds. The number of pyridine rings is 1. The number of halogens is 1. The Kier molecular flexibility index (Phi) is 4.77. The average Bonchev–Trinajstić information content (AvgIpc) is 2.94. The van der Waals surface area contributed by atoms with Crippen molar-refractivity contribution in [2.75, 3.05) is 0 Å². The second-order valence-corrected chi connectivity index (χ2v) is 7.26. The summed E-state index contributed by atoms with van der Waals surface area (Å²) in [6, 6.07) is 22.6. The second kappa shape index (κ2) is 7.37. The third kappa shape index (κ3) is 3.38. The van der Waals surface area contributed by atoms with Crippen molar-refractivity contribution in [2.24, 2.45) is 0 Å². The summed E-state index contributed by atoms with van der Waals surface area (Å²) in [4.78, 5) is 19.0. The zero-order valence-corrected chi connectivity index (χ0v) is 16.0. The lowest BCUT2D eigenvalue weighted by Gasteiger charge is -2.27. The van der Waals surface area contributed by atoms with Gasteiger partial charge in [-0.3, -0.25) is 9.78 Å². The molecule has 2 aromatic carbocycles. The van der Waals surface area contributed by atoms with Crippen LogP contribution in [0.1, 0.15) is 22.9 Å². The van der Waals surface area contributed by atoms with Crippen LogP contribution in [0.4, 0.5) is 0 Å². The molecule has 4 nitrogen and oxygen atoms in total. The maximum absolute atomic E-state index is 12.9. The monoisotopic (exact) mass is 420 g/mol. The summed E-state index contributed by atoms with van der Waals surface area (Å²) in [5.41, 5.74) is 3.15. The van der Waals surface area contributed by atoms with Crippen LogP contribution < -0.4 is 0 Å². The van der Waals surface area contributed by atoms with E-state index in [0.717, 1.165) is 21.3 Å². The van der Waals surface area contributed by atoms with E-state index in [9.17, 15) is 9.90 Å². The Morgan fingerprint density at radius 3 is 2.48 bits per heavy atom. The van der Waals surface area contributed by atoms with Crippen LogP contribution in [0.15, 0.2) is 89.2 Å². The highest BCUT2D eigenvalue weighted by atomic mass is 79.9. The van der Waals surface area contributed by atoms with E-state index in [1.54, 1.807) is 11.1 Å². The first kappa shape index (κ1) is 17.5. The molecule has 0 unspecified atom stereocenters. The number of amides is 1. The number of rotatable bonds is 4. The molecule has 0 spiro atoms. The van der Waals surface area contributed by atoms with Crippen molar-refractivity contribution in [3.8, 4) is 0 Å². The average molecular weight is 421 g/mol. The fourth-order valence-corrected chi connectivity index (χ4v) is 3.84. The molecule has 1 atom stereocenters. The van der Waals surface area contributed by atoms with E-state index in [1.165, 1.54) is 0 Å². The Bertz CT molecular complexity index is 1000. The van der Waals surface area contributed by atoms with E-state index >= 15 is 0 Å². The number of nitrogens with zero attached hydrogens (tertiary/aromatic N) is 2. The SMILES string of the molecule is O=C1C(O)=C(c2ccccc2)[C@@H](c2cccc(Br)c2)N1Cc1ccccn1. The van der Waals surface area contributed by atoms with E-state index in [-0.39, 0.29) is 17.7 Å². The van der Waals surface area contributed by atoms with Gasteiger partial charge in [0.25, 0.3) is 5.91 Å². The van der Waals surface area contributed by atoms with E-state index in [2.05, 4.69) is 20.9 Å². The molecule has 5 heteroatoms. The third-order valence-electron chi connectivity index (χ3n) is 4.61. The molecule has 0 fully saturated rings. The van der Waals surface area contributed by atoms with Crippen LogP contribution in [0.5, 0.6) is 0 Å². The first-order valence-electron chi connectivity index (χ1n) is 8.60. The van der Waals surface area contributed by atoms with Gasteiger partial charge in [-0.15, -0.1) is 0 Å². The molecule has 4 rings (SSSR count). The molecule has 3 aromatic rings. The fourth-order valence-electron chi connectivity index (χ4n) is 3.42. The summed E-state index contributed by atoms with van der Waals surface area (Å²) in [6.07, 6.45) is 1.70. The van der Waals surface area contributed by atoms with Gasteiger partial charge in [-0.1, -0.05) is 64.5 Å². The summed E-state index contributed by atoms with van der Waals surface area (Å²) < 4.78 is 0.920. The van der Waals surface area contributed by atoms with Crippen molar-refractivity contribution in [1.82, 2.24) is 9.88 Å². The van der Waals surface area contributed by atoms with Crippen molar-refractivity contribution >= 4 is 27.4 Å². The molecule has 0 saturated heterocycles. The van der Waals surface area contributed by atoms with Crippen molar-refractivity contribution < 1.29 is 9.90 Å². The Balaban J connectivity index is 1.83. The van der Waals surface area contributed by atoms with Gasteiger partial charge in [0.2, 0.25) is 0 Å². The quantitative estimate of drug-likeness (QED) is 0.652. The van der Waals surface area contributed by atoms with Crippen LogP contribution >= 0.6 is 15.9 Å². The van der Waals surface area contributed by atoms with E-state index in [1.807, 2.05) is 72.8 Å². The van der Waals surface area contributed by atoms with Gasteiger partial charge in [0, 0.05) is 16.2 Å². The highest BCUT2D eigenvalue weighted by molar-refractivity contribution is 9.10. The molecule has 0 bridgehead atoms. The summed E-state index contributed by atoms with van der Waals surface area (Å²) in [5.74, 6) is -0.591. The number of carbonyl (C=O) groups is 1. The highest BCUT2D eigenvalue weighted by Crippen LogP contribution is 2.43. The second-order valence-electron chi connectivity index (χ2n) is 6.34. The van der Waals surface area contributed by atoms with E-state index in [0.29, 0.717) is 12.1 Å². The minimum atomic E-state index is -0.389. The largest absolute Gasteiger partial charge is 0.503 e.